The van der Waals surface area contributed by atoms with Gasteiger partial charge in [0.1, 0.15) is 5.82 Å². The number of imidazole rings is 1. The van der Waals surface area contributed by atoms with Crippen LogP contribution in [0.3, 0.4) is 0 Å². The van der Waals surface area contributed by atoms with Gasteiger partial charge >= 0.3 is 6.18 Å². The first-order chi connectivity index (χ1) is 11.1. The minimum Gasteiger partial charge on any atom is -0.392 e. The Kier molecular flexibility index (Phi) is 5.55. The van der Waals surface area contributed by atoms with Crippen LogP contribution in [-0.4, -0.2) is 27.3 Å². The minimum absolute atomic E-state index is 0.180. The summed E-state index contributed by atoms with van der Waals surface area (Å²) in [4.78, 5) is 4.35. The molecular weight excluding hydrogens is 319 g/mol. The number of nitrogens with zero attached hydrogens (tertiary/aromatic N) is 2. The van der Waals surface area contributed by atoms with Crippen molar-refractivity contribution in [2.45, 2.75) is 45.5 Å². The van der Waals surface area contributed by atoms with Crippen molar-refractivity contribution in [3.63, 3.8) is 0 Å². The average molecular weight is 343 g/mol. The number of aryl methyl sites for hydroxylation is 1. The number of aliphatic hydroxyl groups is 1. The Morgan fingerprint density at radius 1 is 1.29 bits per heavy atom. The van der Waals surface area contributed by atoms with Crippen molar-refractivity contribution in [1.82, 2.24) is 14.9 Å². The number of hydrogen-bond acceptors (Lipinski definition) is 3. The lowest BCUT2D eigenvalue weighted by Gasteiger charge is -2.20. The third-order valence-corrected chi connectivity index (χ3v) is 4.56. The summed E-state index contributed by atoms with van der Waals surface area (Å²) in [6, 6.07) is 3.39. The number of benzene rings is 1. The highest BCUT2D eigenvalue weighted by atomic mass is 19.4. The molecule has 2 rings (SSSR count). The molecule has 0 saturated carbocycles. The number of halogens is 3. The van der Waals surface area contributed by atoms with Gasteiger partial charge in [-0.25, -0.2) is 4.98 Å². The summed E-state index contributed by atoms with van der Waals surface area (Å²) in [6.45, 7) is 6.29. The van der Waals surface area contributed by atoms with Crippen LogP contribution in [-0.2, 0) is 13.2 Å². The monoisotopic (exact) mass is 343 g/mol. The van der Waals surface area contributed by atoms with Crippen LogP contribution in [0.4, 0.5) is 13.2 Å². The predicted molar refractivity (Wildman–Crippen MR) is 87.6 cm³/mol. The minimum atomic E-state index is -4.38. The van der Waals surface area contributed by atoms with Gasteiger partial charge in [0, 0.05) is 13.6 Å². The molecule has 3 unspecified atom stereocenters. The molecule has 0 spiro atoms. The fourth-order valence-corrected chi connectivity index (χ4v) is 2.64. The quantitative estimate of drug-likeness (QED) is 0.842. The first kappa shape index (κ1) is 18.7. The molecule has 0 fully saturated rings. The predicted octanol–water partition coefficient (Wildman–Crippen LogP) is 3.65. The van der Waals surface area contributed by atoms with Crippen molar-refractivity contribution in [2.24, 2.45) is 13.0 Å². The summed E-state index contributed by atoms with van der Waals surface area (Å²) >= 11 is 0. The number of nitrogens with one attached hydrogen (secondary N) is 1. The van der Waals surface area contributed by atoms with Gasteiger partial charge in [-0.2, -0.15) is 13.2 Å². The largest absolute Gasteiger partial charge is 0.416 e. The van der Waals surface area contributed by atoms with Gasteiger partial charge < -0.3 is 15.0 Å². The van der Waals surface area contributed by atoms with Crippen molar-refractivity contribution in [3.05, 3.63) is 29.6 Å². The van der Waals surface area contributed by atoms with Crippen LogP contribution in [0.15, 0.2) is 18.2 Å². The molecule has 1 heterocycles. The molecule has 3 atom stereocenters. The molecule has 7 heteroatoms. The molecule has 0 bridgehead atoms. The molecule has 24 heavy (non-hydrogen) atoms. The Hall–Kier alpha value is -1.60. The second-order valence-corrected chi connectivity index (χ2v) is 6.31. The van der Waals surface area contributed by atoms with E-state index in [0.717, 1.165) is 18.6 Å². The zero-order valence-electron chi connectivity index (χ0n) is 14.4. The van der Waals surface area contributed by atoms with E-state index >= 15 is 0 Å². The van der Waals surface area contributed by atoms with E-state index in [1.165, 1.54) is 6.07 Å². The van der Waals surface area contributed by atoms with Crippen molar-refractivity contribution >= 4 is 11.0 Å². The fourth-order valence-electron chi connectivity index (χ4n) is 2.64. The highest BCUT2D eigenvalue weighted by molar-refractivity contribution is 5.77. The second-order valence-electron chi connectivity index (χ2n) is 6.31. The third kappa shape index (κ3) is 3.89. The lowest BCUT2D eigenvalue weighted by Crippen LogP contribution is -2.33. The number of hydrogen-bond donors (Lipinski definition) is 2. The summed E-state index contributed by atoms with van der Waals surface area (Å²) < 4.78 is 40.3. The number of fused-ring (bicyclic) bond motifs is 1. The zero-order chi connectivity index (χ0) is 18.1. The molecule has 4 nitrogen and oxygen atoms in total. The Morgan fingerprint density at radius 2 is 1.96 bits per heavy atom. The van der Waals surface area contributed by atoms with Crippen LogP contribution >= 0.6 is 0 Å². The third-order valence-electron chi connectivity index (χ3n) is 4.56. The Balaban J connectivity index is 2.21. The molecule has 1 aromatic heterocycles. The highest BCUT2D eigenvalue weighted by Crippen LogP contribution is 2.31. The van der Waals surface area contributed by atoms with Crippen LogP contribution in [0.5, 0.6) is 0 Å². The van der Waals surface area contributed by atoms with Crippen molar-refractivity contribution < 1.29 is 18.3 Å². The van der Waals surface area contributed by atoms with Gasteiger partial charge in [-0.1, -0.05) is 20.3 Å². The zero-order valence-corrected chi connectivity index (χ0v) is 14.4. The molecule has 2 N–H and O–H groups in total. The van der Waals surface area contributed by atoms with Crippen LogP contribution < -0.4 is 5.32 Å². The topological polar surface area (TPSA) is 50.1 Å². The van der Waals surface area contributed by atoms with Crippen molar-refractivity contribution in [1.29, 1.82) is 0 Å². The molecule has 1 aromatic carbocycles. The Bertz CT molecular complexity index is 696. The maximum Gasteiger partial charge on any atom is 0.416 e. The van der Waals surface area contributed by atoms with Gasteiger partial charge in [0.15, 0.2) is 0 Å². The van der Waals surface area contributed by atoms with Crippen LogP contribution in [0.2, 0.25) is 0 Å². The van der Waals surface area contributed by atoms with E-state index in [1.807, 2.05) is 20.8 Å². The fraction of sp³-hybridized carbons (Fsp3) is 0.588. The normalized spacial score (nSPS) is 16.3. The number of aromatic nitrogens is 2. The lowest BCUT2D eigenvalue weighted by molar-refractivity contribution is -0.137. The van der Waals surface area contributed by atoms with Gasteiger partial charge in [0.05, 0.1) is 28.7 Å². The van der Waals surface area contributed by atoms with E-state index in [9.17, 15) is 18.3 Å². The summed E-state index contributed by atoms with van der Waals surface area (Å²) in [5.41, 5.74) is 0.264. The SMILES string of the molecule is CCC(C)C(O)CNC(C)c1nc2cc(C(F)(F)F)ccc2n1C. The van der Waals surface area contributed by atoms with E-state index in [-0.39, 0.29) is 12.0 Å². The molecule has 0 amide bonds. The molecule has 0 aliphatic carbocycles. The van der Waals surface area contributed by atoms with Crippen LogP contribution in [0, 0.1) is 5.92 Å². The van der Waals surface area contributed by atoms with Gasteiger partial charge in [0.25, 0.3) is 0 Å². The molecule has 0 aliphatic heterocycles. The highest BCUT2D eigenvalue weighted by Gasteiger charge is 2.31. The molecule has 0 saturated heterocycles. The molecular formula is C17H24F3N3O. The standard InChI is InChI=1S/C17H24F3N3O/c1-5-10(2)15(24)9-21-11(3)16-22-13-8-12(17(18,19)20)6-7-14(13)23(16)4/h6-8,10-11,15,21,24H,5,9H2,1-4H3. The van der Waals surface area contributed by atoms with Gasteiger partial charge in [0.2, 0.25) is 0 Å². The van der Waals surface area contributed by atoms with Crippen LogP contribution in [0.25, 0.3) is 11.0 Å². The molecule has 0 radical (unpaired) electrons. The second kappa shape index (κ2) is 7.11. The molecule has 2 aromatic rings. The van der Waals surface area contributed by atoms with Gasteiger partial charge in [-0.05, 0) is 31.0 Å². The first-order valence-electron chi connectivity index (χ1n) is 8.10. The van der Waals surface area contributed by atoms with Crippen molar-refractivity contribution in [3.8, 4) is 0 Å². The Morgan fingerprint density at radius 3 is 2.54 bits per heavy atom. The van der Waals surface area contributed by atoms with Gasteiger partial charge in [-0.3, -0.25) is 0 Å². The number of alkyl halides is 3. The van der Waals surface area contributed by atoms with Gasteiger partial charge in [-0.15, -0.1) is 0 Å². The van der Waals surface area contributed by atoms with E-state index in [1.54, 1.807) is 11.6 Å². The van der Waals surface area contributed by atoms with E-state index in [2.05, 4.69) is 10.3 Å². The summed E-state index contributed by atoms with van der Waals surface area (Å²) in [7, 11) is 1.78. The van der Waals surface area contributed by atoms with E-state index in [4.69, 9.17) is 0 Å². The van der Waals surface area contributed by atoms with Crippen LogP contribution in [0.1, 0.15) is 44.6 Å². The maximum absolute atomic E-state index is 12.8. The molecule has 0 aliphatic rings. The maximum atomic E-state index is 12.8. The summed E-state index contributed by atoms with van der Waals surface area (Å²) in [5.74, 6) is 0.820. The first-order valence-corrected chi connectivity index (χ1v) is 8.10. The lowest BCUT2D eigenvalue weighted by atomic mass is 10.0. The van der Waals surface area contributed by atoms with E-state index in [0.29, 0.717) is 23.4 Å². The number of rotatable bonds is 6. The Labute approximate surface area is 139 Å². The van der Waals surface area contributed by atoms with E-state index < -0.39 is 17.8 Å². The molecule has 134 valence electrons. The summed E-state index contributed by atoms with van der Waals surface area (Å²) in [5, 5.41) is 13.2. The average Bonchev–Trinajstić information content (AvgIpc) is 2.87. The summed E-state index contributed by atoms with van der Waals surface area (Å²) in [6.07, 6.45) is -3.97. The van der Waals surface area contributed by atoms with Crippen molar-refractivity contribution in [2.75, 3.05) is 6.54 Å². The smallest absolute Gasteiger partial charge is 0.392 e. The number of aliphatic hydroxyl groups excluding tert-OH is 1.